The zero-order chi connectivity index (χ0) is 10.5. The molecule has 84 valence electrons. The van der Waals surface area contributed by atoms with E-state index < -0.39 is 0 Å². The third-order valence-corrected chi connectivity index (χ3v) is 5.85. The van der Waals surface area contributed by atoms with Gasteiger partial charge in [0.2, 0.25) is 0 Å². The lowest BCUT2D eigenvalue weighted by molar-refractivity contribution is -0.0218. The smallest absolute Gasteiger partial charge is 0.124 e. The van der Waals surface area contributed by atoms with Gasteiger partial charge in [0.1, 0.15) is 5.44 Å². The predicted molar refractivity (Wildman–Crippen MR) is 64.9 cm³/mol. The molecule has 15 heavy (non-hydrogen) atoms. The second kappa shape index (κ2) is 3.53. The Kier molecular flexibility index (Phi) is 2.40. The second-order valence-corrected chi connectivity index (χ2v) is 6.84. The lowest BCUT2D eigenvalue weighted by Crippen LogP contribution is -2.50. The quantitative estimate of drug-likeness (QED) is 0.631. The van der Waals surface area contributed by atoms with E-state index in [0.717, 1.165) is 18.4 Å². The van der Waals surface area contributed by atoms with Crippen LogP contribution in [-0.2, 0) is 4.74 Å². The van der Waals surface area contributed by atoms with Gasteiger partial charge in [0.05, 0.1) is 0 Å². The van der Waals surface area contributed by atoms with Crippen molar-refractivity contribution in [3.63, 3.8) is 0 Å². The van der Waals surface area contributed by atoms with Crippen LogP contribution in [0.2, 0.25) is 0 Å². The van der Waals surface area contributed by atoms with Crippen LogP contribution in [0.3, 0.4) is 0 Å². The molecule has 1 nitrogen and oxygen atoms in total. The molecule has 3 aliphatic carbocycles. The summed E-state index contributed by atoms with van der Waals surface area (Å²) in [6.45, 7) is 5.84. The van der Waals surface area contributed by atoms with Crippen molar-refractivity contribution >= 4 is 11.8 Å². The summed E-state index contributed by atoms with van der Waals surface area (Å²) in [5, 5.41) is 0. The fourth-order valence-electron chi connectivity index (χ4n) is 3.34. The summed E-state index contributed by atoms with van der Waals surface area (Å²) in [7, 11) is 0. The highest BCUT2D eigenvalue weighted by Gasteiger charge is 2.52. The molecule has 4 aliphatic rings. The Morgan fingerprint density at radius 1 is 1.47 bits per heavy atom. The Hall–Kier alpha value is 0.0500. The van der Waals surface area contributed by atoms with Gasteiger partial charge in [0.25, 0.3) is 0 Å². The van der Waals surface area contributed by atoms with Crippen LogP contribution in [-0.4, -0.2) is 17.8 Å². The minimum atomic E-state index is 0.393. The molecular formula is C13H20OS. The number of allylic oxidation sites excluding steroid dienone is 1. The van der Waals surface area contributed by atoms with E-state index in [0.29, 0.717) is 10.9 Å². The molecule has 0 aromatic heterocycles. The van der Waals surface area contributed by atoms with E-state index in [1.165, 1.54) is 25.0 Å². The van der Waals surface area contributed by atoms with Crippen LogP contribution in [0.4, 0.5) is 0 Å². The Labute approximate surface area is 96.6 Å². The number of ether oxygens (including phenoxy) is 1. The maximum atomic E-state index is 5.90. The van der Waals surface area contributed by atoms with Crippen LogP contribution >= 0.6 is 11.8 Å². The molecule has 1 saturated carbocycles. The molecule has 4 rings (SSSR count). The molecule has 2 bridgehead atoms. The molecule has 1 saturated heterocycles. The Morgan fingerprint density at radius 3 is 2.93 bits per heavy atom. The Balaban J connectivity index is 1.78. The van der Waals surface area contributed by atoms with Gasteiger partial charge in [-0.15, -0.1) is 11.8 Å². The van der Waals surface area contributed by atoms with Crippen LogP contribution < -0.4 is 0 Å². The molecule has 0 radical (unpaired) electrons. The van der Waals surface area contributed by atoms with E-state index in [2.05, 4.69) is 19.9 Å². The molecule has 1 unspecified atom stereocenters. The van der Waals surface area contributed by atoms with Crippen LogP contribution in [0, 0.1) is 17.3 Å². The Bertz CT molecular complexity index is 289. The van der Waals surface area contributed by atoms with Crippen molar-refractivity contribution in [1.82, 2.24) is 0 Å². The van der Waals surface area contributed by atoms with Crippen molar-refractivity contribution in [3.05, 3.63) is 11.6 Å². The van der Waals surface area contributed by atoms with Crippen LogP contribution in [0.25, 0.3) is 0 Å². The number of hydrogen-bond acceptors (Lipinski definition) is 2. The molecule has 1 aliphatic heterocycles. The Morgan fingerprint density at radius 2 is 2.33 bits per heavy atom. The number of thioether (sulfide) groups is 1. The van der Waals surface area contributed by atoms with Crippen LogP contribution in [0.1, 0.15) is 33.1 Å². The first-order chi connectivity index (χ1) is 7.19. The van der Waals surface area contributed by atoms with Crippen molar-refractivity contribution in [1.29, 1.82) is 0 Å². The highest BCUT2D eigenvalue weighted by atomic mass is 32.2. The van der Waals surface area contributed by atoms with Gasteiger partial charge in [-0.25, -0.2) is 0 Å². The summed E-state index contributed by atoms with van der Waals surface area (Å²) in [4.78, 5) is 0. The number of hydrogen-bond donors (Lipinski definition) is 0. The van der Waals surface area contributed by atoms with Gasteiger partial charge < -0.3 is 4.74 Å². The van der Waals surface area contributed by atoms with Gasteiger partial charge in [-0.05, 0) is 47.8 Å². The monoisotopic (exact) mass is 224 g/mol. The maximum Gasteiger partial charge on any atom is 0.124 e. The average Bonchev–Trinajstić information content (AvgIpc) is 2.30. The highest BCUT2D eigenvalue weighted by Crippen LogP contribution is 2.60. The maximum absolute atomic E-state index is 5.90. The van der Waals surface area contributed by atoms with Crippen LogP contribution in [0.5, 0.6) is 0 Å². The minimum Gasteiger partial charge on any atom is -0.363 e. The van der Waals surface area contributed by atoms with Gasteiger partial charge >= 0.3 is 0 Å². The zero-order valence-electron chi connectivity index (χ0n) is 9.66. The van der Waals surface area contributed by atoms with E-state index in [9.17, 15) is 0 Å². The van der Waals surface area contributed by atoms with E-state index in [-0.39, 0.29) is 0 Å². The van der Waals surface area contributed by atoms with Crippen LogP contribution in [0.15, 0.2) is 11.6 Å². The molecule has 2 heteroatoms. The van der Waals surface area contributed by atoms with Crippen molar-refractivity contribution in [2.75, 3.05) is 12.4 Å². The molecule has 0 amide bonds. The van der Waals surface area contributed by atoms with E-state index in [1.54, 1.807) is 5.57 Å². The summed E-state index contributed by atoms with van der Waals surface area (Å²) in [5.41, 5.74) is 2.56. The molecule has 3 atom stereocenters. The lowest BCUT2D eigenvalue weighted by atomic mass is 9.49. The standard InChI is InChI=1S/C13H20OS/c1-13(2)9-4-5-10(11(13)8-9)12-14-6-3-7-15-12/h5,9,11-12H,3-4,6-8H2,1-2H3/t9-,11-,12?/m0/s1. The average molecular weight is 224 g/mol. The molecule has 0 spiro atoms. The van der Waals surface area contributed by atoms with Gasteiger partial charge in [-0.3, -0.25) is 0 Å². The normalized spacial score (nSPS) is 43.1. The van der Waals surface area contributed by atoms with Crippen molar-refractivity contribution in [3.8, 4) is 0 Å². The van der Waals surface area contributed by atoms with E-state index >= 15 is 0 Å². The third-order valence-electron chi connectivity index (χ3n) is 4.61. The molecule has 0 aromatic rings. The minimum absolute atomic E-state index is 0.393. The van der Waals surface area contributed by atoms with Crippen molar-refractivity contribution in [2.24, 2.45) is 17.3 Å². The zero-order valence-corrected chi connectivity index (χ0v) is 10.5. The first-order valence-corrected chi connectivity index (χ1v) is 7.17. The molecular weight excluding hydrogens is 204 g/mol. The lowest BCUT2D eigenvalue weighted by Gasteiger charge is -2.57. The number of rotatable bonds is 1. The summed E-state index contributed by atoms with van der Waals surface area (Å²) in [6.07, 6.45) is 6.41. The molecule has 0 N–H and O–H groups in total. The van der Waals surface area contributed by atoms with Gasteiger partial charge in [-0.2, -0.15) is 0 Å². The fourth-order valence-corrected chi connectivity index (χ4v) is 4.49. The van der Waals surface area contributed by atoms with Gasteiger partial charge in [0.15, 0.2) is 0 Å². The fraction of sp³-hybridized carbons (Fsp3) is 0.846. The number of fused-ring (bicyclic) bond motifs is 1. The van der Waals surface area contributed by atoms with E-state index in [1.807, 2.05) is 11.8 Å². The molecule has 2 fully saturated rings. The SMILES string of the molecule is CC1(C)[C@H]2CC=C(C3OCCCS3)[C@@H]1C2. The largest absolute Gasteiger partial charge is 0.363 e. The summed E-state index contributed by atoms with van der Waals surface area (Å²) >= 11 is 2.01. The third kappa shape index (κ3) is 1.49. The van der Waals surface area contributed by atoms with Gasteiger partial charge in [0, 0.05) is 6.61 Å². The predicted octanol–water partition coefficient (Wildman–Crippen LogP) is 3.46. The first kappa shape index (κ1) is 10.2. The first-order valence-electron chi connectivity index (χ1n) is 6.13. The van der Waals surface area contributed by atoms with Crippen molar-refractivity contribution in [2.45, 2.75) is 38.5 Å². The summed E-state index contributed by atoms with van der Waals surface area (Å²) in [6, 6.07) is 0. The van der Waals surface area contributed by atoms with Crippen molar-refractivity contribution < 1.29 is 4.74 Å². The molecule has 1 heterocycles. The topological polar surface area (TPSA) is 9.23 Å². The summed E-state index contributed by atoms with van der Waals surface area (Å²) < 4.78 is 5.90. The van der Waals surface area contributed by atoms with Gasteiger partial charge in [-0.1, -0.05) is 19.9 Å². The molecule has 0 aromatic carbocycles. The second-order valence-electron chi connectivity index (χ2n) is 5.67. The highest BCUT2D eigenvalue weighted by molar-refractivity contribution is 7.99. The summed E-state index contributed by atoms with van der Waals surface area (Å²) in [5.74, 6) is 3.03. The van der Waals surface area contributed by atoms with E-state index in [4.69, 9.17) is 4.74 Å².